The molecule has 0 amide bonds. The van der Waals surface area contributed by atoms with Crippen molar-refractivity contribution in [3.05, 3.63) is 71.4 Å². The first-order valence-corrected chi connectivity index (χ1v) is 6.10. The first kappa shape index (κ1) is 12.4. The molecule has 3 aromatic rings. The number of hydrogen-bond acceptors (Lipinski definition) is 3. The van der Waals surface area contributed by atoms with Gasteiger partial charge in [-0.25, -0.2) is 14.4 Å². The predicted octanol–water partition coefficient (Wildman–Crippen LogP) is 3.11. The second kappa shape index (κ2) is 4.81. The second-order valence-corrected chi connectivity index (χ2v) is 4.52. The molecule has 3 rings (SSSR count). The van der Waals surface area contributed by atoms with E-state index in [0.29, 0.717) is 11.1 Å². The van der Waals surface area contributed by atoms with Gasteiger partial charge in [-0.2, -0.15) is 0 Å². The highest BCUT2D eigenvalue weighted by Gasteiger charge is 2.13. The Labute approximate surface area is 115 Å². The molecule has 3 nitrogen and oxygen atoms in total. The van der Waals surface area contributed by atoms with E-state index in [0.717, 1.165) is 10.9 Å². The van der Waals surface area contributed by atoms with E-state index in [1.807, 2.05) is 25.1 Å². The molecule has 0 N–H and O–H groups in total. The average Bonchev–Trinajstić information content (AvgIpc) is 2.46. The molecular weight excluding hydrogens is 255 g/mol. The van der Waals surface area contributed by atoms with E-state index in [2.05, 4.69) is 16.2 Å². The van der Waals surface area contributed by atoms with Crippen molar-refractivity contribution < 1.29 is 9.18 Å². The van der Waals surface area contributed by atoms with Crippen LogP contribution < -0.4 is 0 Å². The molecular formula is C16H10FN2O. The summed E-state index contributed by atoms with van der Waals surface area (Å²) in [6.45, 7) is 1.95. The molecule has 1 aromatic heterocycles. The maximum Gasteiger partial charge on any atom is 0.230 e. The molecule has 1 heterocycles. The van der Waals surface area contributed by atoms with Gasteiger partial charge in [0.2, 0.25) is 11.6 Å². The molecule has 97 valence electrons. The summed E-state index contributed by atoms with van der Waals surface area (Å²) in [5.41, 5.74) is 2.07. The molecule has 0 aliphatic heterocycles. The van der Waals surface area contributed by atoms with E-state index in [1.54, 1.807) is 0 Å². The summed E-state index contributed by atoms with van der Waals surface area (Å²) in [4.78, 5) is 20.4. The van der Waals surface area contributed by atoms with Crippen LogP contribution >= 0.6 is 0 Å². The highest BCUT2D eigenvalue weighted by Crippen LogP contribution is 2.14. The maximum absolute atomic E-state index is 12.9. The third-order valence-electron chi connectivity index (χ3n) is 2.97. The van der Waals surface area contributed by atoms with Crippen molar-refractivity contribution >= 4 is 16.7 Å². The van der Waals surface area contributed by atoms with Gasteiger partial charge >= 0.3 is 0 Å². The smallest absolute Gasteiger partial charge is 0.230 e. The Morgan fingerprint density at radius 1 is 1.15 bits per heavy atom. The van der Waals surface area contributed by atoms with Crippen LogP contribution in [0.2, 0.25) is 0 Å². The Kier molecular flexibility index (Phi) is 2.99. The molecule has 0 unspecified atom stereocenters. The number of ketones is 1. The van der Waals surface area contributed by atoms with Crippen molar-refractivity contribution in [2.75, 3.05) is 0 Å². The van der Waals surface area contributed by atoms with Gasteiger partial charge in [-0.1, -0.05) is 12.1 Å². The molecule has 4 heteroatoms. The first-order valence-electron chi connectivity index (χ1n) is 6.10. The largest absolute Gasteiger partial charge is 0.285 e. The number of nitrogens with zero attached hydrogens (tertiary/aromatic N) is 2. The van der Waals surface area contributed by atoms with Gasteiger partial charge in [0.05, 0.1) is 5.52 Å². The van der Waals surface area contributed by atoms with Crippen LogP contribution in [0.3, 0.4) is 0 Å². The molecule has 1 radical (unpaired) electrons. The zero-order valence-electron chi connectivity index (χ0n) is 10.7. The molecule has 0 spiro atoms. The lowest BCUT2D eigenvalue weighted by molar-refractivity contribution is 0.102. The standard InChI is InChI=1S/C16H10FN2O/c1-10-2-3-12-9-18-16(19-14(12)8-10)15(20)11-4-6-13(17)7-5-11/h2-8H,1H3. The summed E-state index contributed by atoms with van der Waals surface area (Å²) in [6, 6.07) is 11.0. The van der Waals surface area contributed by atoms with E-state index < -0.39 is 0 Å². The van der Waals surface area contributed by atoms with Crippen molar-refractivity contribution in [1.82, 2.24) is 9.97 Å². The maximum atomic E-state index is 12.9. The zero-order chi connectivity index (χ0) is 14.1. The predicted molar refractivity (Wildman–Crippen MR) is 72.9 cm³/mol. The van der Waals surface area contributed by atoms with Gasteiger partial charge in [0.15, 0.2) is 0 Å². The Bertz CT molecular complexity index is 797. The van der Waals surface area contributed by atoms with Gasteiger partial charge in [0, 0.05) is 10.9 Å². The number of rotatable bonds is 2. The van der Waals surface area contributed by atoms with Gasteiger partial charge in [0.25, 0.3) is 0 Å². The lowest BCUT2D eigenvalue weighted by atomic mass is 10.1. The Morgan fingerprint density at radius 3 is 2.65 bits per heavy atom. The number of halogens is 1. The second-order valence-electron chi connectivity index (χ2n) is 4.52. The molecule has 0 saturated carbocycles. The SMILES string of the molecule is Cc1ccc2[c]nc(C(=O)c3ccc(F)cc3)nc2c1. The van der Waals surface area contributed by atoms with E-state index in [-0.39, 0.29) is 17.4 Å². The van der Waals surface area contributed by atoms with Crippen LogP contribution in [0.1, 0.15) is 21.7 Å². The van der Waals surface area contributed by atoms with Crippen LogP contribution in [0.25, 0.3) is 10.9 Å². The number of hydrogen-bond donors (Lipinski definition) is 0. The summed E-state index contributed by atoms with van der Waals surface area (Å²) >= 11 is 0. The minimum atomic E-state index is -0.386. The number of carbonyl (C=O) groups excluding carboxylic acids is 1. The fourth-order valence-electron chi connectivity index (χ4n) is 1.91. The van der Waals surface area contributed by atoms with E-state index >= 15 is 0 Å². The van der Waals surface area contributed by atoms with Crippen LogP contribution in [0, 0.1) is 18.9 Å². The van der Waals surface area contributed by atoms with E-state index in [9.17, 15) is 9.18 Å². The molecule has 0 saturated heterocycles. The fourth-order valence-corrected chi connectivity index (χ4v) is 1.91. The Morgan fingerprint density at radius 2 is 1.90 bits per heavy atom. The van der Waals surface area contributed by atoms with Crippen LogP contribution in [-0.4, -0.2) is 15.8 Å². The van der Waals surface area contributed by atoms with Gasteiger partial charge in [-0.3, -0.25) is 4.79 Å². The van der Waals surface area contributed by atoms with Crippen molar-refractivity contribution in [3.63, 3.8) is 0 Å². The lowest BCUT2D eigenvalue weighted by Crippen LogP contribution is -2.07. The molecule has 0 aliphatic carbocycles. The fraction of sp³-hybridized carbons (Fsp3) is 0.0625. The number of carbonyl (C=O) groups is 1. The minimum absolute atomic E-state index is 0.0645. The van der Waals surface area contributed by atoms with Crippen molar-refractivity contribution in [2.45, 2.75) is 6.92 Å². The third kappa shape index (κ3) is 2.28. The van der Waals surface area contributed by atoms with Crippen LogP contribution in [0.4, 0.5) is 4.39 Å². The summed E-state index contributed by atoms with van der Waals surface area (Å²) in [5, 5.41) is 0.756. The summed E-state index contributed by atoms with van der Waals surface area (Å²) < 4.78 is 12.9. The molecule has 2 aromatic carbocycles. The molecule has 0 atom stereocenters. The zero-order valence-corrected chi connectivity index (χ0v) is 10.7. The van der Waals surface area contributed by atoms with Crippen molar-refractivity contribution in [1.29, 1.82) is 0 Å². The average molecular weight is 265 g/mol. The van der Waals surface area contributed by atoms with Crippen LogP contribution in [0.5, 0.6) is 0 Å². The topological polar surface area (TPSA) is 42.9 Å². The Balaban J connectivity index is 2.05. The number of benzene rings is 2. The summed E-state index contributed by atoms with van der Waals surface area (Å²) in [6.07, 6.45) is 2.80. The number of aromatic nitrogens is 2. The quantitative estimate of drug-likeness (QED) is 0.669. The molecule has 0 aliphatic rings. The molecule has 20 heavy (non-hydrogen) atoms. The van der Waals surface area contributed by atoms with Gasteiger partial charge < -0.3 is 0 Å². The van der Waals surface area contributed by atoms with Crippen molar-refractivity contribution in [3.8, 4) is 0 Å². The van der Waals surface area contributed by atoms with Crippen LogP contribution in [-0.2, 0) is 0 Å². The lowest BCUT2D eigenvalue weighted by Gasteiger charge is -2.02. The normalized spacial score (nSPS) is 10.7. The van der Waals surface area contributed by atoms with E-state index in [4.69, 9.17) is 0 Å². The summed E-state index contributed by atoms with van der Waals surface area (Å²) in [7, 11) is 0. The third-order valence-corrected chi connectivity index (χ3v) is 2.97. The first-order chi connectivity index (χ1) is 9.63. The Hall–Kier alpha value is -2.62. The molecule has 0 bridgehead atoms. The summed E-state index contributed by atoms with van der Waals surface area (Å²) in [5.74, 6) is -0.664. The van der Waals surface area contributed by atoms with Gasteiger partial charge in [-0.05, 0) is 42.8 Å². The molecule has 0 fully saturated rings. The number of aryl methyl sites for hydroxylation is 1. The van der Waals surface area contributed by atoms with Crippen LogP contribution in [0.15, 0.2) is 42.5 Å². The van der Waals surface area contributed by atoms with Gasteiger partial charge in [-0.15, -0.1) is 0 Å². The highest BCUT2D eigenvalue weighted by molar-refractivity contribution is 6.07. The minimum Gasteiger partial charge on any atom is -0.285 e. The number of fused-ring (bicyclic) bond motifs is 1. The van der Waals surface area contributed by atoms with Crippen molar-refractivity contribution in [2.24, 2.45) is 0 Å². The van der Waals surface area contributed by atoms with E-state index in [1.165, 1.54) is 24.3 Å². The van der Waals surface area contributed by atoms with Gasteiger partial charge in [0.1, 0.15) is 12.0 Å². The highest BCUT2D eigenvalue weighted by atomic mass is 19.1. The monoisotopic (exact) mass is 265 g/mol.